The third kappa shape index (κ3) is 4.63. The van der Waals surface area contributed by atoms with Crippen LogP contribution in [0.3, 0.4) is 0 Å². The van der Waals surface area contributed by atoms with Gasteiger partial charge in [0.2, 0.25) is 10.0 Å². The number of ether oxygens (including phenoxy) is 2. The van der Waals surface area contributed by atoms with Crippen LogP contribution in [0.25, 0.3) is 0 Å². The van der Waals surface area contributed by atoms with E-state index >= 15 is 0 Å². The highest BCUT2D eigenvalue weighted by atomic mass is 32.2. The highest BCUT2D eigenvalue weighted by molar-refractivity contribution is 7.89. The van der Waals surface area contributed by atoms with Gasteiger partial charge in [-0.15, -0.1) is 0 Å². The Morgan fingerprint density at radius 1 is 1.23 bits per heavy atom. The second-order valence-corrected chi connectivity index (χ2v) is 9.23. The maximum Gasteiger partial charge on any atom is 0.324 e. The second kappa shape index (κ2) is 8.71. The molecule has 3 rings (SSSR count). The Balaban J connectivity index is 1.78. The van der Waals surface area contributed by atoms with Crippen LogP contribution in [0, 0.1) is 12.7 Å². The number of halogens is 1. The molecule has 0 aromatic heterocycles. The van der Waals surface area contributed by atoms with E-state index in [0.29, 0.717) is 11.3 Å². The fourth-order valence-corrected chi connectivity index (χ4v) is 5.17. The molecule has 2 aromatic rings. The zero-order valence-corrected chi connectivity index (χ0v) is 17.7. The summed E-state index contributed by atoms with van der Waals surface area (Å²) in [6.07, 6.45) is -1.21. The Bertz CT molecular complexity index is 1020. The van der Waals surface area contributed by atoms with Gasteiger partial charge in [-0.2, -0.15) is 4.31 Å². The molecule has 0 spiro atoms. The Morgan fingerprint density at radius 2 is 1.90 bits per heavy atom. The van der Waals surface area contributed by atoms with Gasteiger partial charge < -0.3 is 14.6 Å². The van der Waals surface area contributed by atoms with Gasteiger partial charge in [0.15, 0.2) is 0 Å². The summed E-state index contributed by atoms with van der Waals surface area (Å²) in [5.41, 5.74) is 1.57. The summed E-state index contributed by atoms with van der Waals surface area (Å²) in [7, 11) is -4.05. The zero-order valence-electron chi connectivity index (χ0n) is 16.9. The summed E-state index contributed by atoms with van der Waals surface area (Å²) in [6.45, 7) is 5.16. The molecule has 0 radical (unpaired) electrons. The molecule has 1 aliphatic heterocycles. The SMILES string of the molecule is Cc1ccc(F)cc1COc1ccc(S(=O)(=O)N2C[C@H](C)O[C@@H](C)[C@@H]2C(=O)O)cc1. The molecular formula is C21H24FNO6S. The molecule has 7 nitrogen and oxygen atoms in total. The minimum absolute atomic E-state index is 0.0377. The van der Waals surface area contributed by atoms with Crippen molar-refractivity contribution in [2.24, 2.45) is 0 Å². The van der Waals surface area contributed by atoms with E-state index in [9.17, 15) is 22.7 Å². The highest BCUT2D eigenvalue weighted by Gasteiger charge is 2.44. The molecule has 1 fully saturated rings. The van der Waals surface area contributed by atoms with Gasteiger partial charge in [0.1, 0.15) is 24.2 Å². The minimum atomic E-state index is -4.05. The van der Waals surface area contributed by atoms with Crippen LogP contribution in [-0.4, -0.2) is 48.6 Å². The van der Waals surface area contributed by atoms with Crippen molar-refractivity contribution in [1.82, 2.24) is 4.31 Å². The molecule has 1 saturated heterocycles. The number of hydrogen-bond donors (Lipinski definition) is 1. The predicted octanol–water partition coefficient (Wildman–Crippen LogP) is 2.96. The molecule has 2 aromatic carbocycles. The number of carboxylic acids is 1. The summed E-state index contributed by atoms with van der Waals surface area (Å²) >= 11 is 0. The van der Waals surface area contributed by atoms with Crippen LogP contribution in [0.2, 0.25) is 0 Å². The largest absolute Gasteiger partial charge is 0.489 e. The predicted molar refractivity (Wildman–Crippen MR) is 107 cm³/mol. The standard InChI is InChI=1S/C21H24FNO6S/c1-13-4-5-17(22)10-16(13)12-28-18-6-8-19(9-7-18)30(26,27)23-11-14(2)29-15(3)20(23)21(24)25/h4-10,14-15,20H,11-12H2,1-3H3,(H,24,25)/t14-,15-,20+/m0/s1. The van der Waals surface area contributed by atoms with Crippen molar-refractivity contribution in [3.05, 3.63) is 59.4 Å². The Hall–Kier alpha value is -2.49. The number of sulfonamides is 1. The monoisotopic (exact) mass is 437 g/mol. The first-order valence-corrected chi connectivity index (χ1v) is 10.9. The van der Waals surface area contributed by atoms with Crippen molar-refractivity contribution in [2.75, 3.05) is 6.54 Å². The van der Waals surface area contributed by atoms with Crippen molar-refractivity contribution < 1.29 is 32.2 Å². The van der Waals surface area contributed by atoms with Gasteiger partial charge in [-0.25, -0.2) is 12.8 Å². The van der Waals surface area contributed by atoms with Crippen molar-refractivity contribution in [2.45, 2.75) is 50.5 Å². The van der Waals surface area contributed by atoms with E-state index in [0.717, 1.165) is 9.87 Å². The molecule has 0 bridgehead atoms. The van der Waals surface area contributed by atoms with E-state index in [1.165, 1.54) is 36.4 Å². The lowest BCUT2D eigenvalue weighted by molar-refractivity contribution is -0.155. The zero-order chi connectivity index (χ0) is 22.1. The molecule has 0 saturated carbocycles. The normalized spacial score (nSPS) is 22.6. The third-order valence-electron chi connectivity index (χ3n) is 5.03. The fourth-order valence-electron chi connectivity index (χ4n) is 3.46. The summed E-state index contributed by atoms with van der Waals surface area (Å²) in [5, 5.41) is 9.51. The van der Waals surface area contributed by atoms with Gasteiger partial charge in [-0.1, -0.05) is 6.07 Å². The van der Waals surface area contributed by atoms with Crippen molar-refractivity contribution in [1.29, 1.82) is 0 Å². The quantitative estimate of drug-likeness (QED) is 0.747. The summed E-state index contributed by atoms with van der Waals surface area (Å²) in [5.74, 6) is -1.21. The average Bonchev–Trinajstić information content (AvgIpc) is 2.68. The Labute approximate surface area is 175 Å². The number of rotatable bonds is 6. The van der Waals surface area contributed by atoms with Crippen LogP contribution in [0.15, 0.2) is 47.4 Å². The number of aryl methyl sites for hydroxylation is 1. The highest BCUT2D eigenvalue weighted by Crippen LogP contribution is 2.27. The van der Waals surface area contributed by atoms with Gasteiger partial charge in [0, 0.05) is 6.54 Å². The van der Waals surface area contributed by atoms with Gasteiger partial charge in [-0.05, 0) is 68.3 Å². The van der Waals surface area contributed by atoms with Gasteiger partial charge in [0.05, 0.1) is 17.1 Å². The summed E-state index contributed by atoms with van der Waals surface area (Å²) < 4.78 is 51.7. The van der Waals surface area contributed by atoms with E-state index in [1.807, 2.05) is 6.92 Å². The van der Waals surface area contributed by atoms with Crippen LogP contribution < -0.4 is 4.74 Å². The molecule has 0 unspecified atom stereocenters. The smallest absolute Gasteiger partial charge is 0.324 e. The summed E-state index contributed by atoms with van der Waals surface area (Å²) in [4.78, 5) is 11.6. The van der Waals surface area contributed by atoms with Crippen molar-refractivity contribution >= 4 is 16.0 Å². The third-order valence-corrected chi connectivity index (χ3v) is 6.89. The van der Waals surface area contributed by atoms with E-state index in [4.69, 9.17) is 9.47 Å². The maximum absolute atomic E-state index is 13.4. The first-order valence-electron chi connectivity index (χ1n) is 9.47. The lowest BCUT2D eigenvalue weighted by Crippen LogP contribution is -2.58. The van der Waals surface area contributed by atoms with E-state index in [1.54, 1.807) is 19.9 Å². The lowest BCUT2D eigenvalue weighted by Gasteiger charge is -2.39. The number of benzene rings is 2. The average molecular weight is 437 g/mol. The molecule has 162 valence electrons. The number of nitrogens with zero attached hydrogens (tertiary/aromatic N) is 1. The van der Waals surface area contributed by atoms with Crippen LogP contribution in [0.5, 0.6) is 5.75 Å². The van der Waals surface area contributed by atoms with Gasteiger partial charge in [0.25, 0.3) is 0 Å². The first-order chi connectivity index (χ1) is 14.1. The van der Waals surface area contributed by atoms with Crippen LogP contribution in [-0.2, 0) is 26.2 Å². The molecule has 0 aliphatic carbocycles. The number of aliphatic carboxylic acids is 1. The first kappa shape index (κ1) is 22.2. The van der Waals surface area contributed by atoms with Crippen LogP contribution >= 0.6 is 0 Å². The molecule has 30 heavy (non-hydrogen) atoms. The Kier molecular flexibility index (Phi) is 6.44. The van der Waals surface area contributed by atoms with E-state index in [-0.39, 0.29) is 23.9 Å². The molecule has 1 N–H and O–H groups in total. The molecule has 3 atom stereocenters. The van der Waals surface area contributed by atoms with Gasteiger partial charge >= 0.3 is 5.97 Å². The number of carboxylic acid groups (broad SMARTS) is 1. The Morgan fingerprint density at radius 3 is 2.53 bits per heavy atom. The number of morpholine rings is 1. The van der Waals surface area contributed by atoms with Crippen molar-refractivity contribution in [3.8, 4) is 5.75 Å². The molecule has 1 aliphatic rings. The molecular weight excluding hydrogens is 413 g/mol. The molecule has 0 amide bonds. The van der Waals surface area contributed by atoms with Gasteiger partial charge in [-0.3, -0.25) is 4.79 Å². The molecule has 1 heterocycles. The second-order valence-electron chi connectivity index (χ2n) is 7.34. The van der Waals surface area contributed by atoms with Crippen molar-refractivity contribution in [3.63, 3.8) is 0 Å². The maximum atomic E-state index is 13.4. The lowest BCUT2D eigenvalue weighted by atomic mass is 10.1. The number of hydrogen-bond acceptors (Lipinski definition) is 5. The van der Waals surface area contributed by atoms with Crippen LogP contribution in [0.4, 0.5) is 4.39 Å². The molecule has 9 heteroatoms. The topological polar surface area (TPSA) is 93.1 Å². The fraction of sp³-hybridized carbons (Fsp3) is 0.381. The van der Waals surface area contributed by atoms with E-state index in [2.05, 4.69) is 0 Å². The minimum Gasteiger partial charge on any atom is -0.489 e. The summed E-state index contributed by atoms with van der Waals surface area (Å²) in [6, 6.07) is 8.83. The van der Waals surface area contributed by atoms with Crippen LogP contribution in [0.1, 0.15) is 25.0 Å². The van der Waals surface area contributed by atoms with E-state index < -0.39 is 34.2 Å². The number of carbonyl (C=O) groups is 1.